The average Bonchev–Trinajstić information content (AvgIpc) is 2.47. The Morgan fingerprint density at radius 2 is 1.38 bits per heavy atom. The molecule has 2 heterocycles. The van der Waals surface area contributed by atoms with E-state index in [1.165, 1.54) is 62.8 Å². The standard InChI is InChI=1S/C15H30N/c1-13-10-14(2)15(3)12-16(11-13)8-6-4-5-7-9-16/h13-15H,4-12H2,1-3H3/q+1. The van der Waals surface area contributed by atoms with Gasteiger partial charge in [-0.3, -0.25) is 0 Å². The molecule has 0 amide bonds. The molecule has 3 unspecified atom stereocenters. The normalized spacial score (nSPS) is 40.3. The lowest BCUT2D eigenvalue weighted by Gasteiger charge is -2.39. The number of hydrogen-bond acceptors (Lipinski definition) is 0. The maximum Gasteiger partial charge on any atom is 0.0815 e. The van der Waals surface area contributed by atoms with E-state index in [9.17, 15) is 0 Å². The fraction of sp³-hybridized carbons (Fsp3) is 1.00. The molecule has 2 saturated heterocycles. The highest BCUT2D eigenvalue weighted by molar-refractivity contribution is 4.71. The molecule has 0 aromatic heterocycles. The van der Waals surface area contributed by atoms with Gasteiger partial charge in [0.1, 0.15) is 0 Å². The lowest BCUT2D eigenvalue weighted by Crippen LogP contribution is -2.52. The van der Waals surface area contributed by atoms with Crippen molar-refractivity contribution in [1.82, 2.24) is 0 Å². The van der Waals surface area contributed by atoms with Gasteiger partial charge in [0.25, 0.3) is 0 Å². The van der Waals surface area contributed by atoms with E-state index in [1.54, 1.807) is 0 Å². The van der Waals surface area contributed by atoms with Gasteiger partial charge in [0.2, 0.25) is 0 Å². The molecule has 2 rings (SSSR count). The zero-order chi connectivity index (χ0) is 11.6. The first-order chi connectivity index (χ1) is 7.61. The van der Waals surface area contributed by atoms with Gasteiger partial charge in [0, 0.05) is 11.8 Å². The minimum absolute atomic E-state index is 0.933. The van der Waals surface area contributed by atoms with Crippen LogP contribution in [-0.2, 0) is 0 Å². The van der Waals surface area contributed by atoms with E-state index in [1.807, 2.05) is 0 Å². The summed E-state index contributed by atoms with van der Waals surface area (Å²) in [4.78, 5) is 0. The van der Waals surface area contributed by atoms with Gasteiger partial charge in [-0.1, -0.05) is 20.8 Å². The molecule has 1 heteroatoms. The lowest BCUT2D eigenvalue weighted by atomic mass is 9.89. The summed E-state index contributed by atoms with van der Waals surface area (Å²) in [6.45, 7) is 13.3. The van der Waals surface area contributed by atoms with E-state index >= 15 is 0 Å². The molecule has 0 aromatic rings. The second-order valence-electron chi connectivity index (χ2n) is 6.86. The zero-order valence-corrected chi connectivity index (χ0v) is 11.5. The average molecular weight is 224 g/mol. The summed E-state index contributed by atoms with van der Waals surface area (Å²) in [5.74, 6) is 2.82. The van der Waals surface area contributed by atoms with E-state index in [0.29, 0.717) is 0 Å². The Balaban J connectivity index is 2.11. The maximum atomic E-state index is 2.49. The molecule has 2 aliphatic heterocycles. The first-order valence-electron chi connectivity index (χ1n) is 7.46. The summed E-state index contributed by atoms with van der Waals surface area (Å²) in [5, 5.41) is 0. The molecule has 3 atom stereocenters. The summed E-state index contributed by atoms with van der Waals surface area (Å²) >= 11 is 0. The van der Waals surface area contributed by atoms with Crippen LogP contribution >= 0.6 is 0 Å². The van der Waals surface area contributed by atoms with Crippen molar-refractivity contribution in [1.29, 1.82) is 0 Å². The monoisotopic (exact) mass is 224 g/mol. The molecule has 0 saturated carbocycles. The van der Waals surface area contributed by atoms with E-state index in [0.717, 1.165) is 17.8 Å². The van der Waals surface area contributed by atoms with E-state index in [2.05, 4.69) is 20.8 Å². The van der Waals surface area contributed by atoms with Crippen LogP contribution in [0.25, 0.3) is 0 Å². The van der Waals surface area contributed by atoms with Gasteiger partial charge in [-0.2, -0.15) is 0 Å². The quantitative estimate of drug-likeness (QED) is 0.551. The predicted octanol–water partition coefficient (Wildman–Crippen LogP) is 3.69. The van der Waals surface area contributed by atoms with E-state index in [-0.39, 0.29) is 0 Å². The predicted molar refractivity (Wildman–Crippen MR) is 70.3 cm³/mol. The lowest BCUT2D eigenvalue weighted by molar-refractivity contribution is -0.932. The second-order valence-corrected chi connectivity index (χ2v) is 6.86. The molecule has 94 valence electrons. The highest BCUT2D eigenvalue weighted by atomic mass is 15.4. The molecule has 0 bridgehead atoms. The van der Waals surface area contributed by atoms with Crippen LogP contribution in [0.1, 0.15) is 52.9 Å². The van der Waals surface area contributed by atoms with Gasteiger partial charge < -0.3 is 4.48 Å². The molecule has 2 fully saturated rings. The molecule has 0 radical (unpaired) electrons. The molecule has 2 aliphatic rings. The van der Waals surface area contributed by atoms with Gasteiger partial charge >= 0.3 is 0 Å². The molecule has 1 nitrogen and oxygen atoms in total. The maximum absolute atomic E-state index is 2.49. The van der Waals surface area contributed by atoms with Gasteiger partial charge in [-0.05, 0) is 38.0 Å². The Hall–Kier alpha value is -0.0400. The highest BCUT2D eigenvalue weighted by Crippen LogP contribution is 2.32. The Morgan fingerprint density at radius 1 is 0.750 bits per heavy atom. The van der Waals surface area contributed by atoms with E-state index in [4.69, 9.17) is 0 Å². The van der Waals surface area contributed by atoms with Crippen molar-refractivity contribution in [3.63, 3.8) is 0 Å². The second kappa shape index (κ2) is 5.08. The van der Waals surface area contributed by atoms with Crippen molar-refractivity contribution in [2.45, 2.75) is 52.9 Å². The van der Waals surface area contributed by atoms with Crippen LogP contribution in [-0.4, -0.2) is 30.7 Å². The Kier molecular flexibility index (Phi) is 3.94. The Labute approximate surface area is 102 Å². The molecule has 0 N–H and O–H groups in total. The van der Waals surface area contributed by atoms with Crippen molar-refractivity contribution >= 4 is 0 Å². The van der Waals surface area contributed by atoms with Crippen LogP contribution in [0.5, 0.6) is 0 Å². The fourth-order valence-electron chi connectivity index (χ4n) is 4.19. The van der Waals surface area contributed by atoms with Gasteiger partial charge in [0.05, 0.1) is 26.2 Å². The number of nitrogens with zero attached hydrogens (tertiary/aromatic N) is 1. The topological polar surface area (TPSA) is 0 Å². The number of rotatable bonds is 0. The minimum Gasteiger partial charge on any atom is -0.323 e. The molecule has 16 heavy (non-hydrogen) atoms. The van der Waals surface area contributed by atoms with Crippen LogP contribution in [0.2, 0.25) is 0 Å². The molecule has 1 spiro atoms. The van der Waals surface area contributed by atoms with Crippen LogP contribution < -0.4 is 0 Å². The molecule has 0 aliphatic carbocycles. The van der Waals surface area contributed by atoms with Crippen molar-refractivity contribution in [3.05, 3.63) is 0 Å². The first kappa shape index (κ1) is 12.4. The molecular formula is C15H30N+. The first-order valence-corrected chi connectivity index (χ1v) is 7.46. The Bertz CT molecular complexity index is 215. The van der Waals surface area contributed by atoms with Crippen LogP contribution in [0.4, 0.5) is 0 Å². The zero-order valence-electron chi connectivity index (χ0n) is 11.5. The number of hydrogen-bond donors (Lipinski definition) is 0. The van der Waals surface area contributed by atoms with Crippen molar-refractivity contribution in [2.24, 2.45) is 17.8 Å². The number of quaternary nitrogens is 1. The minimum atomic E-state index is 0.933. The third kappa shape index (κ3) is 2.80. The Morgan fingerprint density at radius 3 is 2.00 bits per heavy atom. The van der Waals surface area contributed by atoms with Crippen LogP contribution in [0.15, 0.2) is 0 Å². The van der Waals surface area contributed by atoms with Crippen LogP contribution in [0, 0.1) is 17.8 Å². The van der Waals surface area contributed by atoms with Crippen molar-refractivity contribution < 1.29 is 4.48 Å². The van der Waals surface area contributed by atoms with Gasteiger partial charge in [-0.15, -0.1) is 0 Å². The summed E-state index contributed by atoms with van der Waals surface area (Å²) in [6.07, 6.45) is 7.39. The third-order valence-corrected chi connectivity index (χ3v) is 5.13. The summed E-state index contributed by atoms with van der Waals surface area (Å²) in [5.41, 5.74) is 0. The van der Waals surface area contributed by atoms with Gasteiger partial charge in [-0.25, -0.2) is 0 Å². The third-order valence-electron chi connectivity index (χ3n) is 5.13. The molecular weight excluding hydrogens is 194 g/mol. The van der Waals surface area contributed by atoms with Crippen molar-refractivity contribution in [2.75, 3.05) is 26.2 Å². The van der Waals surface area contributed by atoms with Gasteiger partial charge in [0.15, 0.2) is 0 Å². The smallest absolute Gasteiger partial charge is 0.0815 e. The largest absolute Gasteiger partial charge is 0.323 e. The SMILES string of the molecule is CC1CC(C)C(C)C[N+]2(CCCCCC2)C1. The van der Waals surface area contributed by atoms with Crippen molar-refractivity contribution in [3.8, 4) is 0 Å². The molecule has 0 aromatic carbocycles. The van der Waals surface area contributed by atoms with E-state index < -0.39 is 0 Å². The van der Waals surface area contributed by atoms with Crippen LogP contribution in [0.3, 0.4) is 0 Å². The summed E-state index contributed by atoms with van der Waals surface area (Å²) in [7, 11) is 0. The summed E-state index contributed by atoms with van der Waals surface area (Å²) in [6, 6.07) is 0. The fourth-order valence-corrected chi connectivity index (χ4v) is 4.19. The summed E-state index contributed by atoms with van der Waals surface area (Å²) < 4.78 is 1.46. The highest BCUT2D eigenvalue weighted by Gasteiger charge is 2.37.